The van der Waals surface area contributed by atoms with Gasteiger partial charge in [-0.3, -0.25) is 4.79 Å². The van der Waals surface area contributed by atoms with Crippen LogP contribution < -0.4 is 10.7 Å². The molecule has 0 radical (unpaired) electrons. The van der Waals surface area contributed by atoms with Crippen molar-refractivity contribution in [3.05, 3.63) is 77.7 Å². The van der Waals surface area contributed by atoms with Crippen molar-refractivity contribution in [3.63, 3.8) is 0 Å². The molecule has 0 atom stereocenters. The summed E-state index contributed by atoms with van der Waals surface area (Å²) in [6, 6.07) is 15.9. The van der Waals surface area contributed by atoms with Gasteiger partial charge in [0.2, 0.25) is 0 Å². The Morgan fingerprint density at radius 3 is 2.68 bits per heavy atom. The van der Waals surface area contributed by atoms with Crippen molar-refractivity contribution in [3.8, 4) is 5.69 Å². The Kier molecular flexibility index (Phi) is 7.72. The second kappa shape index (κ2) is 11.5. The van der Waals surface area contributed by atoms with Crippen molar-refractivity contribution >= 4 is 22.8 Å². The van der Waals surface area contributed by atoms with Gasteiger partial charge in [0.15, 0.2) is 11.5 Å². The van der Waals surface area contributed by atoms with E-state index in [4.69, 9.17) is 0 Å². The van der Waals surface area contributed by atoms with Crippen molar-refractivity contribution < 1.29 is 4.79 Å². The van der Waals surface area contributed by atoms with E-state index in [1.54, 1.807) is 12.5 Å². The summed E-state index contributed by atoms with van der Waals surface area (Å²) in [4.78, 5) is 23.9. The summed E-state index contributed by atoms with van der Waals surface area (Å²) in [7, 11) is 1.96. The molecule has 4 aromatic rings. The van der Waals surface area contributed by atoms with Crippen LogP contribution >= 0.6 is 0 Å². The molecule has 2 aromatic heterocycles. The molecule has 37 heavy (non-hydrogen) atoms. The van der Waals surface area contributed by atoms with Gasteiger partial charge in [-0.05, 0) is 81.2 Å². The summed E-state index contributed by atoms with van der Waals surface area (Å²) < 4.78 is 1.82. The fourth-order valence-corrected chi connectivity index (χ4v) is 4.75. The molecule has 2 N–H and O–H groups in total. The molecule has 192 valence electrons. The number of aromatic nitrogens is 4. The highest BCUT2D eigenvalue weighted by Crippen LogP contribution is 2.22. The van der Waals surface area contributed by atoms with Gasteiger partial charge in [-0.1, -0.05) is 24.3 Å². The van der Waals surface area contributed by atoms with Crippen molar-refractivity contribution in [2.45, 2.75) is 32.7 Å². The quantitative estimate of drug-likeness (QED) is 0.254. The Morgan fingerprint density at radius 1 is 1.08 bits per heavy atom. The van der Waals surface area contributed by atoms with E-state index in [9.17, 15) is 4.79 Å². The smallest absolute Gasteiger partial charge is 0.251 e. The number of hydrogen-bond acceptors (Lipinski definition) is 7. The van der Waals surface area contributed by atoms with Gasteiger partial charge in [0.05, 0.1) is 17.3 Å². The van der Waals surface area contributed by atoms with Crippen LogP contribution in [0.5, 0.6) is 0 Å². The molecule has 1 aliphatic heterocycles. The van der Waals surface area contributed by atoms with Gasteiger partial charge in [0, 0.05) is 25.7 Å². The molecular formula is C28H34N8O. The van der Waals surface area contributed by atoms with Crippen LogP contribution in [0.25, 0.3) is 16.7 Å². The third kappa shape index (κ3) is 6.12. The fraction of sp³-hybridized carbons (Fsp3) is 0.357. The van der Waals surface area contributed by atoms with Gasteiger partial charge in [0.1, 0.15) is 6.33 Å². The minimum Gasteiger partial charge on any atom is -0.352 e. The van der Waals surface area contributed by atoms with Gasteiger partial charge in [0.25, 0.3) is 5.91 Å². The lowest BCUT2D eigenvalue weighted by Gasteiger charge is -2.19. The third-order valence-electron chi connectivity index (χ3n) is 6.68. The van der Waals surface area contributed by atoms with E-state index in [2.05, 4.69) is 49.8 Å². The minimum absolute atomic E-state index is 0.0200. The lowest BCUT2D eigenvalue weighted by Crippen LogP contribution is -2.28. The first-order valence-electron chi connectivity index (χ1n) is 12.9. The average molecular weight is 499 g/mol. The van der Waals surface area contributed by atoms with Crippen molar-refractivity contribution in [1.29, 1.82) is 0 Å². The molecule has 0 aliphatic carbocycles. The highest BCUT2D eigenvalue weighted by molar-refractivity contribution is 5.94. The van der Waals surface area contributed by atoms with Crippen LogP contribution in [0.4, 0.5) is 5.82 Å². The molecule has 5 rings (SSSR count). The first-order valence-corrected chi connectivity index (χ1v) is 12.9. The number of carbonyl (C=O) groups is 1. The highest BCUT2D eigenvalue weighted by atomic mass is 16.1. The van der Waals surface area contributed by atoms with Gasteiger partial charge in [-0.25, -0.2) is 19.7 Å². The van der Waals surface area contributed by atoms with E-state index in [0.717, 1.165) is 40.8 Å². The molecule has 0 unspecified atom stereocenters. The Bertz CT molecular complexity index is 1340. The number of nitrogens with one attached hydrogen (secondary N) is 2. The molecular weight excluding hydrogens is 464 g/mol. The van der Waals surface area contributed by atoms with E-state index < -0.39 is 0 Å². The number of amides is 1. The van der Waals surface area contributed by atoms with E-state index in [1.165, 1.54) is 25.9 Å². The highest BCUT2D eigenvalue weighted by Gasteiger charge is 2.14. The standard InChI is InChI=1S/C28H34N8O/c1-21-7-5-8-24(17-21)36-27-25(18-32-36)26(30-20-31-27)33-34(2)19-22-9-11-23(12-10-22)28(37)29-13-6-16-35-14-3-4-15-35/h5,7-12,17-18,20H,3-4,6,13-16,19H2,1-2H3,(H,29,37)(H,30,31,33). The number of fused-ring (bicyclic) bond motifs is 1. The number of anilines is 1. The fourth-order valence-electron chi connectivity index (χ4n) is 4.75. The zero-order chi connectivity index (χ0) is 25.6. The lowest BCUT2D eigenvalue weighted by atomic mass is 10.1. The van der Waals surface area contributed by atoms with Gasteiger partial charge >= 0.3 is 0 Å². The van der Waals surface area contributed by atoms with Crippen LogP contribution in [0.3, 0.4) is 0 Å². The second-order valence-electron chi connectivity index (χ2n) is 9.68. The van der Waals surface area contributed by atoms with Crippen LogP contribution in [0, 0.1) is 6.92 Å². The zero-order valence-electron chi connectivity index (χ0n) is 21.5. The van der Waals surface area contributed by atoms with Crippen molar-refractivity contribution in [2.24, 2.45) is 0 Å². The Balaban J connectivity index is 1.16. The number of aryl methyl sites for hydroxylation is 1. The SMILES string of the molecule is Cc1cccc(-n2ncc3c(NN(C)Cc4ccc(C(=O)NCCCN5CCCC5)cc4)ncnc32)c1. The predicted octanol–water partition coefficient (Wildman–Crippen LogP) is 3.80. The molecule has 1 fully saturated rings. The topological polar surface area (TPSA) is 91.2 Å². The summed E-state index contributed by atoms with van der Waals surface area (Å²) >= 11 is 0. The minimum atomic E-state index is -0.0200. The number of benzene rings is 2. The van der Waals surface area contributed by atoms with E-state index in [-0.39, 0.29) is 5.91 Å². The lowest BCUT2D eigenvalue weighted by molar-refractivity contribution is 0.0952. The largest absolute Gasteiger partial charge is 0.352 e. The van der Waals surface area contributed by atoms with E-state index in [0.29, 0.717) is 24.5 Å². The molecule has 1 amide bonds. The van der Waals surface area contributed by atoms with E-state index >= 15 is 0 Å². The van der Waals surface area contributed by atoms with Gasteiger partial charge < -0.3 is 15.6 Å². The van der Waals surface area contributed by atoms with Crippen molar-refractivity contribution in [2.75, 3.05) is 38.7 Å². The molecule has 1 saturated heterocycles. The Morgan fingerprint density at radius 2 is 1.89 bits per heavy atom. The molecule has 2 aromatic carbocycles. The number of hydrazine groups is 1. The van der Waals surface area contributed by atoms with Crippen molar-refractivity contribution in [1.82, 2.24) is 35.0 Å². The Labute approximate surface area is 217 Å². The first-order chi connectivity index (χ1) is 18.1. The number of likely N-dealkylation sites (tertiary alicyclic amines) is 1. The molecule has 0 bridgehead atoms. The second-order valence-corrected chi connectivity index (χ2v) is 9.68. The summed E-state index contributed by atoms with van der Waals surface area (Å²) in [5.74, 6) is 0.671. The van der Waals surface area contributed by atoms with Gasteiger partial charge in [-0.15, -0.1) is 0 Å². The summed E-state index contributed by atoms with van der Waals surface area (Å²) in [6.07, 6.45) is 6.91. The van der Waals surface area contributed by atoms with Crippen LogP contribution in [0.1, 0.15) is 40.7 Å². The third-order valence-corrected chi connectivity index (χ3v) is 6.68. The first kappa shape index (κ1) is 24.9. The monoisotopic (exact) mass is 498 g/mol. The zero-order valence-corrected chi connectivity index (χ0v) is 21.5. The van der Waals surface area contributed by atoms with Crippen LogP contribution in [-0.2, 0) is 6.54 Å². The molecule has 0 saturated carbocycles. The molecule has 0 spiro atoms. The van der Waals surface area contributed by atoms with Crippen LogP contribution in [0.15, 0.2) is 61.1 Å². The number of carbonyl (C=O) groups excluding carboxylic acids is 1. The van der Waals surface area contributed by atoms with E-state index in [1.807, 2.05) is 53.1 Å². The number of hydrogen-bond donors (Lipinski definition) is 2. The van der Waals surface area contributed by atoms with Crippen LogP contribution in [0.2, 0.25) is 0 Å². The summed E-state index contributed by atoms with van der Waals surface area (Å²) in [6.45, 7) is 6.84. The summed E-state index contributed by atoms with van der Waals surface area (Å²) in [5, 5.41) is 10.4. The molecule has 9 nitrogen and oxygen atoms in total. The summed E-state index contributed by atoms with van der Waals surface area (Å²) in [5.41, 5.74) is 7.98. The maximum absolute atomic E-state index is 12.5. The molecule has 1 aliphatic rings. The normalized spacial score (nSPS) is 13.9. The number of rotatable bonds is 10. The maximum Gasteiger partial charge on any atom is 0.251 e. The van der Waals surface area contributed by atoms with Gasteiger partial charge in [-0.2, -0.15) is 5.10 Å². The predicted molar refractivity (Wildman–Crippen MR) is 146 cm³/mol. The number of nitrogens with zero attached hydrogens (tertiary/aromatic N) is 6. The molecule has 3 heterocycles. The Hall–Kier alpha value is -3.82. The van der Waals surface area contributed by atoms with Crippen LogP contribution in [-0.4, -0.2) is 68.8 Å². The average Bonchev–Trinajstić information content (AvgIpc) is 3.58. The maximum atomic E-state index is 12.5. The molecule has 9 heteroatoms.